The van der Waals surface area contributed by atoms with E-state index >= 15 is 0 Å². The molecule has 0 spiro atoms. The number of nitrogens with two attached hydrogens (primary N) is 2. The van der Waals surface area contributed by atoms with Crippen LogP contribution < -0.4 is 22.1 Å². The SMILES string of the molecule is NC(N)=NCCCC(=O)N[C@@H](Cc1ccc([N+](=O)[O-])cc1)C(=O)O.O=C(Nc1ccccc1)c1ccc(CS(=O)(=O)O)cc1. The topological polar surface area (TPSA) is 257 Å². The van der Waals surface area contributed by atoms with Crippen molar-refractivity contribution in [2.24, 2.45) is 16.5 Å². The van der Waals surface area contributed by atoms with Crippen molar-refractivity contribution in [2.45, 2.75) is 31.1 Å². The number of carbonyl (C=O) groups excluding carboxylic acids is 2. The lowest BCUT2D eigenvalue weighted by Crippen LogP contribution is -2.42. The van der Waals surface area contributed by atoms with E-state index in [-0.39, 0.29) is 36.9 Å². The molecule has 0 saturated heterocycles. The molecule has 3 aromatic carbocycles. The molecule has 0 aliphatic rings. The Bertz CT molecular complexity index is 1560. The number of amides is 2. The average Bonchev–Trinajstić information content (AvgIpc) is 2.95. The number of benzene rings is 3. The maximum Gasteiger partial charge on any atom is 0.326 e. The van der Waals surface area contributed by atoms with Crippen LogP contribution in [0, 0.1) is 10.1 Å². The van der Waals surface area contributed by atoms with Crippen molar-refractivity contribution in [1.82, 2.24) is 5.32 Å². The molecule has 0 aliphatic carbocycles. The predicted octanol–water partition coefficient (Wildman–Crippen LogP) is 2.09. The van der Waals surface area contributed by atoms with Gasteiger partial charge < -0.3 is 27.2 Å². The average molecular weight is 629 g/mol. The fraction of sp³-hybridized carbons (Fsp3) is 0.214. The number of non-ortho nitro benzene ring substituents is 1. The van der Waals surface area contributed by atoms with Gasteiger partial charge in [0, 0.05) is 42.8 Å². The maximum absolute atomic E-state index is 11.9. The van der Waals surface area contributed by atoms with E-state index in [0.717, 1.165) is 0 Å². The predicted molar refractivity (Wildman–Crippen MR) is 162 cm³/mol. The zero-order valence-electron chi connectivity index (χ0n) is 23.3. The molecule has 3 aromatic rings. The number of nitrogens with one attached hydrogen (secondary N) is 2. The Kier molecular flexibility index (Phi) is 13.4. The molecule has 234 valence electrons. The van der Waals surface area contributed by atoms with Crippen molar-refractivity contribution in [1.29, 1.82) is 0 Å². The van der Waals surface area contributed by atoms with Gasteiger partial charge in [0.1, 0.15) is 11.8 Å². The van der Waals surface area contributed by atoms with Crippen LogP contribution in [0.1, 0.15) is 34.3 Å². The molecule has 0 heterocycles. The molecule has 0 aliphatic heterocycles. The number of carboxylic acid groups (broad SMARTS) is 1. The van der Waals surface area contributed by atoms with E-state index in [4.69, 9.17) is 16.0 Å². The van der Waals surface area contributed by atoms with Crippen molar-refractivity contribution < 1.29 is 37.4 Å². The molecule has 8 N–H and O–H groups in total. The lowest BCUT2D eigenvalue weighted by atomic mass is 10.1. The first-order valence-electron chi connectivity index (χ1n) is 12.9. The standard InChI is InChI=1S/C14H19N5O5.C14H13NO4S/c15-14(16)17-7-1-2-12(20)18-11(13(21)22)8-9-3-5-10(6-4-9)19(23)24;16-14(15-13-4-2-1-3-5-13)12-8-6-11(7-9-12)10-20(17,18)19/h3-6,11H,1-2,7-8H2,(H,18,20)(H,21,22)(H4,15,16,17);1-9H,10H2,(H,15,16)(H,17,18,19)/t11-;/m0./s1. The molecule has 0 saturated carbocycles. The molecule has 0 fully saturated rings. The molecule has 1 atom stereocenters. The molecule has 0 unspecified atom stereocenters. The smallest absolute Gasteiger partial charge is 0.326 e. The van der Waals surface area contributed by atoms with E-state index in [9.17, 15) is 38.0 Å². The Labute approximate surface area is 252 Å². The number of nitro benzene ring substituents is 1. The third-order valence-electron chi connectivity index (χ3n) is 5.67. The number of hydrogen-bond acceptors (Lipinski definition) is 8. The third-order valence-corrected chi connectivity index (χ3v) is 6.37. The first kappa shape index (κ1) is 34.8. The van der Waals surface area contributed by atoms with Gasteiger partial charge in [-0.3, -0.25) is 29.2 Å². The largest absolute Gasteiger partial charge is 0.480 e. The number of nitro groups is 1. The number of carbonyl (C=O) groups is 3. The summed E-state index contributed by atoms with van der Waals surface area (Å²) >= 11 is 0. The van der Waals surface area contributed by atoms with E-state index in [1.807, 2.05) is 18.2 Å². The van der Waals surface area contributed by atoms with E-state index in [1.54, 1.807) is 12.1 Å². The third kappa shape index (κ3) is 13.5. The number of guanidine groups is 1. The number of aliphatic carboxylic acids is 1. The van der Waals surface area contributed by atoms with Crippen LogP contribution in [-0.2, 0) is 31.9 Å². The monoisotopic (exact) mass is 628 g/mol. The van der Waals surface area contributed by atoms with Crippen molar-refractivity contribution in [3.63, 3.8) is 0 Å². The normalized spacial score (nSPS) is 11.2. The molecule has 16 heteroatoms. The van der Waals surface area contributed by atoms with Crippen LogP contribution in [0.5, 0.6) is 0 Å². The second kappa shape index (κ2) is 16.9. The molecule has 0 bridgehead atoms. The minimum Gasteiger partial charge on any atom is -0.480 e. The molecule has 0 aromatic heterocycles. The summed E-state index contributed by atoms with van der Waals surface area (Å²) in [6.07, 6.45) is 0.487. The lowest BCUT2D eigenvalue weighted by Gasteiger charge is -2.14. The van der Waals surface area contributed by atoms with Crippen LogP contribution in [0.15, 0.2) is 83.9 Å². The van der Waals surface area contributed by atoms with Crippen LogP contribution in [0.4, 0.5) is 11.4 Å². The Morgan fingerprint density at radius 3 is 2.05 bits per heavy atom. The summed E-state index contributed by atoms with van der Waals surface area (Å²) in [4.78, 5) is 48.7. The second-order valence-corrected chi connectivity index (χ2v) is 10.7. The fourth-order valence-electron chi connectivity index (χ4n) is 3.59. The van der Waals surface area contributed by atoms with Crippen LogP contribution in [0.3, 0.4) is 0 Å². The molecular weight excluding hydrogens is 596 g/mol. The van der Waals surface area contributed by atoms with Crippen LogP contribution in [0.25, 0.3) is 0 Å². The summed E-state index contributed by atoms with van der Waals surface area (Å²) in [6.45, 7) is 0.274. The molecule has 44 heavy (non-hydrogen) atoms. The van der Waals surface area contributed by atoms with E-state index < -0.39 is 38.7 Å². The van der Waals surface area contributed by atoms with Crippen LogP contribution in [-0.4, -0.2) is 59.3 Å². The highest BCUT2D eigenvalue weighted by Gasteiger charge is 2.20. The van der Waals surface area contributed by atoms with E-state index in [2.05, 4.69) is 15.6 Å². The summed E-state index contributed by atoms with van der Waals surface area (Å²) in [5.41, 5.74) is 12.3. The summed E-state index contributed by atoms with van der Waals surface area (Å²) in [7, 11) is -4.06. The van der Waals surface area contributed by atoms with Crippen molar-refractivity contribution in [2.75, 3.05) is 11.9 Å². The molecule has 3 rings (SSSR count). The number of aliphatic imine (C=N–C) groups is 1. The number of hydrogen-bond donors (Lipinski definition) is 6. The van der Waals surface area contributed by atoms with Crippen molar-refractivity contribution >= 4 is 45.2 Å². The molecular formula is C28H32N6O9S. The van der Waals surface area contributed by atoms with Gasteiger partial charge in [0.25, 0.3) is 21.7 Å². The highest BCUT2D eigenvalue weighted by Crippen LogP contribution is 2.14. The highest BCUT2D eigenvalue weighted by molar-refractivity contribution is 7.85. The Morgan fingerprint density at radius 2 is 1.52 bits per heavy atom. The van der Waals surface area contributed by atoms with Gasteiger partial charge in [0.2, 0.25) is 5.91 Å². The van der Waals surface area contributed by atoms with Crippen molar-refractivity contribution in [3.8, 4) is 0 Å². The van der Waals surface area contributed by atoms with Gasteiger partial charge in [-0.2, -0.15) is 8.42 Å². The fourth-order valence-corrected chi connectivity index (χ4v) is 4.21. The zero-order valence-corrected chi connectivity index (χ0v) is 24.1. The second-order valence-electron chi connectivity index (χ2n) is 9.24. The number of rotatable bonds is 13. The van der Waals surface area contributed by atoms with Gasteiger partial charge in [-0.05, 0) is 41.8 Å². The van der Waals surface area contributed by atoms with Crippen molar-refractivity contribution in [3.05, 3.63) is 106 Å². The van der Waals surface area contributed by atoms with Crippen LogP contribution >= 0.6 is 0 Å². The van der Waals surface area contributed by atoms with Gasteiger partial charge in [0.15, 0.2) is 5.96 Å². The molecule has 2 amide bonds. The quantitative estimate of drug-likeness (QED) is 0.0399. The number of carboxylic acids is 1. The number of para-hydroxylation sites is 1. The summed E-state index contributed by atoms with van der Waals surface area (Å²) < 4.78 is 30.2. The number of nitrogens with zero attached hydrogens (tertiary/aromatic N) is 2. The molecule has 15 nitrogen and oxygen atoms in total. The minimum absolute atomic E-state index is 0.0208. The first-order valence-corrected chi connectivity index (χ1v) is 14.6. The summed E-state index contributed by atoms with van der Waals surface area (Å²) in [6, 6.07) is 19.4. The summed E-state index contributed by atoms with van der Waals surface area (Å²) in [5, 5.41) is 24.9. The first-order chi connectivity index (χ1) is 20.7. The maximum atomic E-state index is 11.9. The minimum atomic E-state index is -4.06. The van der Waals surface area contributed by atoms with Gasteiger partial charge in [0.05, 0.1) is 4.92 Å². The Balaban J connectivity index is 0.000000311. The Hall–Kier alpha value is -5.35. The van der Waals surface area contributed by atoms with Gasteiger partial charge >= 0.3 is 5.97 Å². The summed E-state index contributed by atoms with van der Waals surface area (Å²) in [5.74, 6) is -2.44. The van der Waals surface area contributed by atoms with Gasteiger partial charge in [-0.25, -0.2) is 4.79 Å². The van der Waals surface area contributed by atoms with E-state index in [0.29, 0.717) is 28.8 Å². The lowest BCUT2D eigenvalue weighted by molar-refractivity contribution is -0.384. The van der Waals surface area contributed by atoms with Gasteiger partial charge in [-0.15, -0.1) is 0 Å². The van der Waals surface area contributed by atoms with Crippen LogP contribution in [0.2, 0.25) is 0 Å². The zero-order chi connectivity index (χ0) is 32.7. The van der Waals surface area contributed by atoms with Gasteiger partial charge in [-0.1, -0.05) is 42.5 Å². The Morgan fingerprint density at radius 1 is 0.932 bits per heavy atom. The highest BCUT2D eigenvalue weighted by atomic mass is 32.2. The van der Waals surface area contributed by atoms with E-state index in [1.165, 1.54) is 48.5 Å². The molecule has 0 radical (unpaired) electrons. The number of anilines is 1.